The minimum atomic E-state index is 0.964. The van der Waals surface area contributed by atoms with Crippen LogP contribution in [0.3, 0.4) is 0 Å². The van der Waals surface area contributed by atoms with Gasteiger partial charge in [-0.25, -0.2) is 4.98 Å². The van der Waals surface area contributed by atoms with Crippen molar-refractivity contribution < 1.29 is 0 Å². The largest absolute Gasteiger partial charge is 0.353 e. The molecule has 1 saturated heterocycles. The molecule has 21 heavy (non-hydrogen) atoms. The minimum Gasteiger partial charge on any atom is -0.353 e. The number of hydrogen-bond acceptors (Lipinski definition) is 4. The summed E-state index contributed by atoms with van der Waals surface area (Å²) in [4.78, 5) is 14.1. The van der Waals surface area contributed by atoms with E-state index in [2.05, 4.69) is 58.2 Å². The molecule has 0 atom stereocenters. The number of hydrogen-bond donors (Lipinski definition) is 0. The van der Waals surface area contributed by atoms with Gasteiger partial charge in [0, 0.05) is 26.2 Å². The van der Waals surface area contributed by atoms with Gasteiger partial charge in [-0.2, -0.15) is 0 Å². The van der Waals surface area contributed by atoms with Gasteiger partial charge in [0.25, 0.3) is 0 Å². The third-order valence-corrected chi connectivity index (χ3v) is 4.22. The second kappa shape index (κ2) is 4.97. The van der Waals surface area contributed by atoms with Gasteiger partial charge in [-0.1, -0.05) is 24.3 Å². The molecule has 0 bridgehead atoms. The molecule has 3 aromatic rings. The zero-order chi connectivity index (χ0) is 14.2. The van der Waals surface area contributed by atoms with E-state index in [1.807, 2.05) is 6.20 Å². The Morgan fingerprint density at radius 3 is 2.29 bits per heavy atom. The highest BCUT2D eigenvalue weighted by atomic mass is 15.3. The summed E-state index contributed by atoms with van der Waals surface area (Å²) in [5.41, 5.74) is 1.94. The van der Waals surface area contributed by atoms with Gasteiger partial charge in [0.1, 0.15) is 5.82 Å². The summed E-state index contributed by atoms with van der Waals surface area (Å²) in [6.45, 7) is 4.20. The molecule has 4 nitrogen and oxygen atoms in total. The Bertz CT molecular complexity index is 791. The highest BCUT2D eigenvalue weighted by Crippen LogP contribution is 2.22. The molecule has 1 aliphatic heterocycles. The molecule has 1 aliphatic rings. The molecule has 2 aromatic carbocycles. The number of likely N-dealkylation sites (N-methyl/N-ethyl adjacent to an activating group) is 1. The lowest BCUT2D eigenvalue weighted by molar-refractivity contribution is 0.312. The first-order chi connectivity index (χ1) is 10.3. The average Bonchev–Trinajstić information content (AvgIpc) is 2.53. The van der Waals surface area contributed by atoms with Crippen molar-refractivity contribution in [2.75, 3.05) is 38.1 Å². The normalized spacial score (nSPS) is 16.7. The molecular formula is C17H18N4. The van der Waals surface area contributed by atoms with Crippen LogP contribution in [0.5, 0.6) is 0 Å². The highest BCUT2D eigenvalue weighted by Gasteiger charge is 2.16. The molecule has 4 heteroatoms. The summed E-state index contributed by atoms with van der Waals surface area (Å²) < 4.78 is 0. The van der Waals surface area contributed by atoms with Gasteiger partial charge in [0.15, 0.2) is 0 Å². The van der Waals surface area contributed by atoms with Crippen LogP contribution in [-0.2, 0) is 0 Å². The molecule has 0 unspecified atom stereocenters. The van der Waals surface area contributed by atoms with E-state index in [4.69, 9.17) is 4.98 Å². The van der Waals surface area contributed by atoms with Crippen molar-refractivity contribution in [1.29, 1.82) is 0 Å². The highest BCUT2D eigenvalue weighted by molar-refractivity contribution is 5.95. The number of aromatic nitrogens is 2. The molecule has 1 fully saturated rings. The third kappa shape index (κ3) is 2.32. The maximum absolute atomic E-state index is 4.82. The lowest BCUT2D eigenvalue weighted by Gasteiger charge is -2.33. The molecule has 1 aromatic heterocycles. The molecule has 0 saturated carbocycles. The molecule has 106 valence electrons. The number of rotatable bonds is 1. The summed E-state index contributed by atoms with van der Waals surface area (Å²) in [5.74, 6) is 0.992. The van der Waals surface area contributed by atoms with E-state index < -0.39 is 0 Å². The molecule has 2 heterocycles. The lowest BCUT2D eigenvalue weighted by Crippen LogP contribution is -2.44. The van der Waals surface area contributed by atoms with Gasteiger partial charge >= 0.3 is 0 Å². The van der Waals surface area contributed by atoms with Crippen LogP contribution in [0.1, 0.15) is 0 Å². The van der Waals surface area contributed by atoms with Crippen molar-refractivity contribution in [3.63, 3.8) is 0 Å². The smallest absolute Gasteiger partial charge is 0.147 e. The SMILES string of the molecule is CN1CCN(c2cnc3cc4ccccc4cc3n2)CC1. The van der Waals surface area contributed by atoms with E-state index in [0.29, 0.717) is 0 Å². The van der Waals surface area contributed by atoms with Gasteiger partial charge in [-0.05, 0) is 30.0 Å². The van der Waals surface area contributed by atoms with E-state index in [0.717, 1.165) is 43.0 Å². The predicted molar refractivity (Wildman–Crippen MR) is 86.8 cm³/mol. The van der Waals surface area contributed by atoms with Crippen LogP contribution in [0.25, 0.3) is 21.8 Å². The Balaban J connectivity index is 1.76. The van der Waals surface area contributed by atoms with Crippen LogP contribution >= 0.6 is 0 Å². The van der Waals surface area contributed by atoms with E-state index in [1.165, 1.54) is 10.8 Å². The van der Waals surface area contributed by atoms with Crippen molar-refractivity contribution in [1.82, 2.24) is 14.9 Å². The van der Waals surface area contributed by atoms with Gasteiger partial charge in [-0.3, -0.25) is 4.98 Å². The van der Waals surface area contributed by atoms with Crippen LogP contribution < -0.4 is 4.90 Å². The summed E-state index contributed by atoms with van der Waals surface area (Å²) in [6.07, 6.45) is 1.91. The van der Waals surface area contributed by atoms with E-state index >= 15 is 0 Å². The maximum Gasteiger partial charge on any atom is 0.147 e. The Morgan fingerprint density at radius 1 is 0.905 bits per heavy atom. The van der Waals surface area contributed by atoms with Crippen molar-refractivity contribution >= 4 is 27.6 Å². The van der Waals surface area contributed by atoms with Crippen LogP contribution in [0, 0.1) is 0 Å². The van der Waals surface area contributed by atoms with Crippen molar-refractivity contribution in [3.05, 3.63) is 42.6 Å². The van der Waals surface area contributed by atoms with Crippen LogP contribution in [0.2, 0.25) is 0 Å². The molecule has 4 rings (SSSR count). The fourth-order valence-corrected chi connectivity index (χ4v) is 2.88. The summed E-state index contributed by atoms with van der Waals surface area (Å²) >= 11 is 0. The minimum absolute atomic E-state index is 0.964. The van der Waals surface area contributed by atoms with Crippen molar-refractivity contribution in [2.24, 2.45) is 0 Å². The monoisotopic (exact) mass is 278 g/mol. The summed E-state index contributed by atoms with van der Waals surface area (Å²) in [6, 6.07) is 12.6. The number of benzene rings is 2. The van der Waals surface area contributed by atoms with Crippen LogP contribution in [0.4, 0.5) is 5.82 Å². The number of fused-ring (bicyclic) bond motifs is 2. The number of piperazine rings is 1. The number of anilines is 1. The molecule has 0 spiro atoms. The second-order valence-electron chi connectivity index (χ2n) is 5.71. The first-order valence-electron chi connectivity index (χ1n) is 7.39. The fourth-order valence-electron chi connectivity index (χ4n) is 2.88. The summed E-state index contributed by atoms with van der Waals surface area (Å²) in [5, 5.41) is 2.43. The Morgan fingerprint density at radius 2 is 1.57 bits per heavy atom. The van der Waals surface area contributed by atoms with Gasteiger partial charge in [0.2, 0.25) is 0 Å². The van der Waals surface area contributed by atoms with Gasteiger partial charge < -0.3 is 9.80 Å². The second-order valence-corrected chi connectivity index (χ2v) is 5.71. The maximum atomic E-state index is 4.82. The van der Waals surface area contributed by atoms with E-state index in [9.17, 15) is 0 Å². The zero-order valence-corrected chi connectivity index (χ0v) is 12.2. The predicted octanol–water partition coefficient (Wildman–Crippen LogP) is 2.53. The molecule has 0 aliphatic carbocycles. The van der Waals surface area contributed by atoms with Gasteiger partial charge in [-0.15, -0.1) is 0 Å². The Hall–Kier alpha value is -2.20. The van der Waals surface area contributed by atoms with E-state index in [-0.39, 0.29) is 0 Å². The van der Waals surface area contributed by atoms with Gasteiger partial charge in [0.05, 0.1) is 17.2 Å². The molecule has 0 N–H and O–H groups in total. The Kier molecular flexibility index (Phi) is 2.97. The molecule has 0 amide bonds. The van der Waals surface area contributed by atoms with Crippen molar-refractivity contribution in [3.8, 4) is 0 Å². The van der Waals surface area contributed by atoms with Crippen LogP contribution in [0.15, 0.2) is 42.6 Å². The third-order valence-electron chi connectivity index (χ3n) is 4.22. The Labute approximate surface area is 124 Å². The standard InChI is InChI=1S/C17H18N4/c1-20-6-8-21(9-7-20)17-12-18-15-10-13-4-2-3-5-14(13)11-16(15)19-17/h2-5,10-12H,6-9H2,1H3. The molecule has 0 radical (unpaired) electrons. The average molecular weight is 278 g/mol. The summed E-state index contributed by atoms with van der Waals surface area (Å²) in [7, 11) is 2.16. The zero-order valence-electron chi connectivity index (χ0n) is 12.2. The van der Waals surface area contributed by atoms with E-state index in [1.54, 1.807) is 0 Å². The first kappa shape index (κ1) is 12.5. The lowest BCUT2D eigenvalue weighted by atomic mass is 10.1. The fraction of sp³-hybridized carbons (Fsp3) is 0.294. The first-order valence-corrected chi connectivity index (χ1v) is 7.39. The molecular weight excluding hydrogens is 260 g/mol. The number of nitrogens with zero attached hydrogens (tertiary/aromatic N) is 4. The quantitative estimate of drug-likeness (QED) is 0.640. The van der Waals surface area contributed by atoms with Crippen molar-refractivity contribution in [2.45, 2.75) is 0 Å². The van der Waals surface area contributed by atoms with Crippen LogP contribution in [-0.4, -0.2) is 48.1 Å². The topological polar surface area (TPSA) is 32.3 Å².